The molecule has 4 aromatic rings. The van der Waals surface area contributed by atoms with Crippen molar-refractivity contribution >= 4 is 37.1 Å². The van der Waals surface area contributed by atoms with E-state index in [9.17, 15) is 10.1 Å². The number of rotatable bonds is 9. The van der Waals surface area contributed by atoms with Gasteiger partial charge in [0.15, 0.2) is 8.32 Å². The van der Waals surface area contributed by atoms with Crippen LogP contribution in [0.2, 0.25) is 18.1 Å². The lowest BCUT2D eigenvalue weighted by Crippen LogP contribution is -2.43. The number of pyridine rings is 2. The Labute approximate surface area is 280 Å². The van der Waals surface area contributed by atoms with E-state index in [1.165, 1.54) is 11.1 Å². The van der Waals surface area contributed by atoms with Gasteiger partial charge >= 0.3 is 6.09 Å². The van der Waals surface area contributed by atoms with Crippen molar-refractivity contribution in [1.29, 1.82) is 5.26 Å². The average molecular weight is 653 g/mol. The lowest BCUT2D eigenvalue weighted by molar-refractivity contribution is 0.0597. The smallest absolute Gasteiger partial charge is 0.421 e. The molecule has 9 nitrogen and oxygen atoms in total. The highest BCUT2D eigenvalue weighted by atomic mass is 28.4. The lowest BCUT2D eigenvalue weighted by Gasteiger charge is -2.39. The van der Waals surface area contributed by atoms with Gasteiger partial charge < -0.3 is 13.7 Å². The van der Waals surface area contributed by atoms with E-state index in [2.05, 4.69) is 87.6 Å². The third kappa shape index (κ3) is 8.08. The van der Waals surface area contributed by atoms with Crippen LogP contribution in [0.4, 0.5) is 16.4 Å². The van der Waals surface area contributed by atoms with Crippen LogP contribution in [0.1, 0.15) is 85.3 Å². The predicted octanol–water partition coefficient (Wildman–Crippen LogP) is 9.36. The summed E-state index contributed by atoms with van der Waals surface area (Å²) >= 11 is 0. The van der Waals surface area contributed by atoms with Gasteiger partial charge in [-0.05, 0) is 99.6 Å². The number of amides is 1. The fourth-order valence-electron chi connectivity index (χ4n) is 5.12. The van der Waals surface area contributed by atoms with Gasteiger partial charge in [0, 0.05) is 30.3 Å². The zero-order chi connectivity index (χ0) is 34.4. The quantitative estimate of drug-likeness (QED) is 0.166. The minimum atomic E-state index is -1.86. The summed E-state index contributed by atoms with van der Waals surface area (Å²) in [6.07, 6.45) is 4.97. The first kappa shape index (κ1) is 34.3. The molecule has 1 amide bonds. The van der Waals surface area contributed by atoms with Crippen LogP contribution in [0, 0.1) is 16.7 Å². The molecule has 1 saturated carbocycles. The molecule has 1 fully saturated rings. The van der Waals surface area contributed by atoms with E-state index in [1.807, 2.05) is 33.2 Å². The van der Waals surface area contributed by atoms with Crippen molar-refractivity contribution in [2.24, 2.45) is 5.41 Å². The predicted molar refractivity (Wildman–Crippen MR) is 189 cm³/mol. The second-order valence-corrected chi connectivity index (χ2v) is 20.8. The molecule has 0 spiro atoms. The Kier molecular flexibility index (Phi) is 9.12. The number of carbonyl (C=O) groups is 1. The van der Waals surface area contributed by atoms with Gasteiger partial charge in [-0.15, -0.1) is 0 Å². The first-order valence-corrected chi connectivity index (χ1v) is 19.3. The number of anilines is 2. The first-order chi connectivity index (χ1) is 21.9. The molecule has 0 aliphatic heterocycles. The van der Waals surface area contributed by atoms with Crippen LogP contribution in [0.3, 0.4) is 0 Å². The topological polar surface area (TPSA) is 106 Å². The lowest BCUT2D eigenvalue weighted by atomic mass is 9.95. The number of hydrogen-bond donors (Lipinski definition) is 0. The molecule has 0 N–H and O–H groups in total. The Morgan fingerprint density at radius 2 is 1.72 bits per heavy atom. The SMILES string of the molecule is CC(C)(CO[Si](C)(C)C(C)(C)C)Cn1cnc2cc(-c3cc(C4CC4)cc(N(C(=O)OC(C)(C)C)c4cc(C#N)ccn4)n3)ccc21. The molecule has 0 unspecified atom stereocenters. The van der Waals surface area contributed by atoms with Crippen molar-refractivity contribution in [1.82, 2.24) is 19.5 Å². The highest BCUT2D eigenvalue weighted by molar-refractivity contribution is 6.74. The molecule has 1 aliphatic carbocycles. The fourth-order valence-corrected chi connectivity index (χ4v) is 6.31. The standard InChI is InChI=1S/C37H48N6O3Si/c1-35(2,3)46-34(44)43(32-17-25(21-38)15-16-39-32)33-20-28(26-11-12-26)19-29(41-33)27-13-14-31-30(18-27)40-24-42(31)22-37(7,8)23-45-47(9,10)36(4,5)6/h13-20,24,26H,11-12,22-23H2,1-10H3. The monoisotopic (exact) mass is 652 g/mol. The van der Waals surface area contributed by atoms with Crippen LogP contribution in [-0.2, 0) is 15.7 Å². The number of carbonyl (C=O) groups excluding carboxylic acids is 1. The molecule has 5 rings (SSSR count). The van der Waals surface area contributed by atoms with Crippen molar-refractivity contribution < 1.29 is 14.0 Å². The first-order valence-electron chi connectivity index (χ1n) is 16.4. The Hall–Kier alpha value is -4.07. The minimum Gasteiger partial charge on any atom is -0.443 e. The van der Waals surface area contributed by atoms with Gasteiger partial charge in [-0.3, -0.25) is 0 Å². The summed E-state index contributed by atoms with van der Waals surface area (Å²) in [5.41, 5.74) is 4.20. The Balaban J connectivity index is 1.49. The second kappa shape index (κ2) is 12.5. The van der Waals surface area contributed by atoms with Gasteiger partial charge in [0.1, 0.15) is 17.2 Å². The van der Waals surface area contributed by atoms with Crippen LogP contribution in [-0.4, -0.2) is 46.1 Å². The van der Waals surface area contributed by atoms with E-state index < -0.39 is 20.0 Å². The van der Waals surface area contributed by atoms with Crippen molar-refractivity contribution in [2.75, 3.05) is 11.5 Å². The number of aromatic nitrogens is 4. The molecule has 47 heavy (non-hydrogen) atoms. The molecule has 3 aromatic heterocycles. The molecule has 248 valence electrons. The maximum Gasteiger partial charge on any atom is 0.421 e. The van der Waals surface area contributed by atoms with Crippen molar-refractivity contribution in [3.63, 3.8) is 0 Å². The molecule has 3 heterocycles. The summed E-state index contributed by atoms with van der Waals surface area (Å²) in [4.78, 5) is 29.2. The number of benzene rings is 1. The molecule has 1 aliphatic rings. The second-order valence-electron chi connectivity index (χ2n) is 16.0. The summed E-state index contributed by atoms with van der Waals surface area (Å²) in [7, 11) is -1.86. The summed E-state index contributed by atoms with van der Waals surface area (Å²) in [6, 6.07) is 15.6. The van der Waals surface area contributed by atoms with Crippen molar-refractivity contribution in [3.05, 3.63) is 66.1 Å². The van der Waals surface area contributed by atoms with Gasteiger partial charge in [0.25, 0.3) is 0 Å². The molecule has 0 bridgehead atoms. The number of nitriles is 1. The van der Waals surface area contributed by atoms with Gasteiger partial charge in [-0.2, -0.15) is 5.26 Å². The molecular weight excluding hydrogens is 605 g/mol. The molecule has 0 atom stereocenters. The Bertz CT molecular complexity index is 1820. The molecule has 1 aromatic carbocycles. The Morgan fingerprint density at radius 1 is 1.00 bits per heavy atom. The van der Waals surface area contributed by atoms with E-state index in [0.717, 1.165) is 47.2 Å². The Morgan fingerprint density at radius 3 is 2.36 bits per heavy atom. The third-order valence-corrected chi connectivity index (χ3v) is 13.4. The third-order valence-electron chi connectivity index (χ3n) is 8.94. The van der Waals surface area contributed by atoms with E-state index >= 15 is 0 Å². The molecule has 0 saturated heterocycles. The number of hydrogen-bond acceptors (Lipinski definition) is 7. The van der Waals surface area contributed by atoms with Gasteiger partial charge in [-0.25, -0.2) is 24.6 Å². The highest BCUT2D eigenvalue weighted by Crippen LogP contribution is 2.43. The zero-order valence-electron chi connectivity index (χ0n) is 29.5. The number of nitrogens with zero attached hydrogens (tertiary/aromatic N) is 6. The largest absolute Gasteiger partial charge is 0.443 e. The van der Waals surface area contributed by atoms with Crippen LogP contribution >= 0.6 is 0 Å². The van der Waals surface area contributed by atoms with Crippen LogP contribution in [0.5, 0.6) is 0 Å². The van der Waals surface area contributed by atoms with Crippen LogP contribution < -0.4 is 4.90 Å². The van der Waals surface area contributed by atoms with E-state index in [-0.39, 0.29) is 16.3 Å². The summed E-state index contributed by atoms with van der Waals surface area (Å²) in [5.74, 6) is 1.07. The number of ether oxygens (including phenoxy) is 1. The van der Waals surface area contributed by atoms with Crippen LogP contribution in [0.25, 0.3) is 22.3 Å². The van der Waals surface area contributed by atoms with E-state index in [4.69, 9.17) is 19.1 Å². The van der Waals surface area contributed by atoms with Gasteiger partial charge in [0.05, 0.1) is 34.7 Å². The minimum absolute atomic E-state index is 0.0844. The van der Waals surface area contributed by atoms with E-state index in [1.54, 1.807) is 12.1 Å². The normalized spacial score (nSPS) is 14.2. The van der Waals surface area contributed by atoms with Gasteiger partial charge in [-0.1, -0.05) is 40.7 Å². The molecular formula is C37H48N6O3Si. The maximum absolute atomic E-state index is 13.7. The average Bonchev–Trinajstić information content (AvgIpc) is 3.76. The van der Waals surface area contributed by atoms with Crippen LogP contribution in [0.15, 0.2) is 55.0 Å². The molecule has 0 radical (unpaired) electrons. The zero-order valence-corrected chi connectivity index (χ0v) is 30.5. The maximum atomic E-state index is 13.7. The summed E-state index contributed by atoms with van der Waals surface area (Å²) < 4.78 is 14.6. The molecule has 10 heteroatoms. The highest BCUT2D eigenvalue weighted by Gasteiger charge is 2.38. The van der Waals surface area contributed by atoms with Crippen molar-refractivity contribution in [3.8, 4) is 17.3 Å². The number of imidazole rings is 1. The van der Waals surface area contributed by atoms with Gasteiger partial charge in [0.2, 0.25) is 0 Å². The van der Waals surface area contributed by atoms with E-state index in [0.29, 0.717) is 23.9 Å². The number of fused-ring (bicyclic) bond motifs is 1. The van der Waals surface area contributed by atoms with Crippen molar-refractivity contribution in [2.45, 2.75) is 104 Å². The summed E-state index contributed by atoms with van der Waals surface area (Å²) in [6.45, 7) is 22.8. The summed E-state index contributed by atoms with van der Waals surface area (Å²) in [5, 5.41) is 9.72. The fraction of sp³-hybridized carbons (Fsp3) is 0.486.